The highest BCUT2D eigenvalue weighted by molar-refractivity contribution is 6.31. The van der Waals surface area contributed by atoms with E-state index in [1.165, 1.54) is 37.9 Å². The highest BCUT2D eigenvalue weighted by Crippen LogP contribution is 2.30. The Hall–Kier alpha value is -0.610. The average Bonchev–Trinajstić information content (AvgIpc) is 2.58. The minimum absolute atomic E-state index is 0.278. The van der Waals surface area contributed by atoms with Crippen molar-refractivity contribution in [3.63, 3.8) is 0 Å². The van der Waals surface area contributed by atoms with Crippen LogP contribution in [0.2, 0.25) is 5.02 Å². The van der Waals surface area contributed by atoms with E-state index in [-0.39, 0.29) is 5.54 Å². The lowest BCUT2D eigenvalue weighted by molar-refractivity contribution is -0.0358. The maximum Gasteiger partial charge on any atom is 0.0484 e. The summed E-state index contributed by atoms with van der Waals surface area (Å²) in [5.41, 5.74) is 1.46. The quantitative estimate of drug-likeness (QED) is 0.898. The fourth-order valence-corrected chi connectivity index (χ4v) is 4.00. The molecular weight excluding hydrogens is 296 g/mol. The molecule has 0 unspecified atom stereocenters. The molecule has 2 fully saturated rings. The first-order valence-corrected chi connectivity index (χ1v) is 8.95. The number of halogens is 1. The van der Waals surface area contributed by atoms with Crippen LogP contribution in [0.15, 0.2) is 24.3 Å². The number of benzene rings is 1. The van der Waals surface area contributed by atoms with Gasteiger partial charge in [0, 0.05) is 36.9 Å². The van der Waals surface area contributed by atoms with Crippen molar-refractivity contribution >= 4 is 11.6 Å². The average molecular weight is 323 g/mol. The summed E-state index contributed by atoms with van der Waals surface area (Å²) in [6, 6.07) is 8.11. The Morgan fingerprint density at radius 3 is 2.55 bits per heavy atom. The van der Waals surface area contributed by atoms with Crippen LogP contribution in [0.25, 0.3) is 0 Å². The number of piperidine rings is 1. The van der Waals surface area contributed by atoms with Crippen LogP contribution >= 0.6 is 11.6 Å². The largest absolute Gasteiger partial charge is 0.381 e. The maximum atomic E-state index is 6.26. The molecule has 3 nitrogen and oxygen atoms in total. The van der Waals surface area contributed by atoms with Crippen molar-refractivity contribution in [2.24, 2.45) is 0 Å². The Balaban J connectivity index is 1.61. The van der Waals surface area contributed by atoms with E-state index in [4.69, 9.17) is 16.3 Å². The van der Waals surface area contributed by atoms with E-state index in [9.17, 15) is 0 Å². The number of nitrogens with one attached hydrogen (secondary N) is 1. The predicted octanol–water partition coefficient (Wildman–Crippen LogP) is 3.46. The Morgan fingerprint density at radius 2 is 1.82 bits per heavy atom. The molecule has 2 aliphatic rings. The van der Waals surface area contributed by atoms with Crippen LogP contribution in [-0.4, -0.2) is 43.3 Å². The molecular formula is C18H27ClN2O. The Labute approximate surface area is 139 Å². The summed E-state index contributed by atoms with van der Waals surface area (Å²) >= 11 is 6.26. The third kappa shape index (κ3) is 3.83. The normalized spacial score (nSPS) is 22.6. The van der Waals surface area contributed by atoms with Gasteiger partial charge in [0.15, 0.2) is 0 Å². The molecule has 0 radical (unpaired) electrons. The first-order chi connectivity index (χ1) is 10.8. The Morgan fingerprint density at radius 1 is 1.09 bits per heavy atom. The monoisotopic (exact) mass is 322 g/mol. The highest BCUT2D eigenvalue weighted by atomic mass is 35.5. The molecule has 2 aliphatic heterocycles. The third-order valence-corrected chi connectivity index (χ3v) is 5.55. The number of hydrogen-bond donors (Lipinski definition) is 1. The van der Waals surface area contributed by atoms with Gasteiger partial charge >= 0.3 is 0 Å². The molecule has 0 aromatic heterocycles. The van der Waals surface area contributed by atoms with Crippen LogP contribution in [-0.2, 0) is 11.3 Å². The second kappa shape index (κ2) is 7.78. The minimum atomic E-state index is 0.278. The second-order valence-corrected chi connectivity index (χ2v) is 6.99. The van der Waals surface area contributed by atoms with E-state index in [0.29, 0.717) is 0 Å². The predicted molar refractivity (Wildman–Crippen MR) is 91.4 cm³/mol. The summed E-state index contributed by atoms with van der Waals surface area (Å²) in [7, 11) is 0. The smallest absolute Gasteiger partial charge is 0.0484 e. The van der Waals surface area contributed by atoms with Gasteiger partial charge in [-0.05, 0) is 50.4 Å². The number of nitrogens with zero attached hydrogens (tertiary/aromatic N) is 1. The summed E-state index contributed by atoms with van der Waals surface area (Å²) < 4.78 is 5.62. The van der Waals surface area contributed by atoms with Crippen molar-refractivity contribution < 1.29 is 4.74 Å². The van der Waals surface area contributed by atoms with Crippen LogP contribution in [0.4, 0.5) is 0 Å². The van der Waals surface area contributed by atoms with E-state index in [0.717, 1.165) is 44.2 Å². The van der Waals surface area contributed by atoms with Gasteiger partial charge in [0.1, 0.15) is 0 Å². The van der Waals surface area contributed by atoms with Crippen molar-refractivity contribution in [3.8, 4) is 0 Å². The van der Waals surface area contributed by atoms with Gasteiger partial charge < -0.3 is 10.1 Å². The molecule has 0 aliphatic carbocycles. The molecule has 22 heavy (non-hydrogen) atoms. The molecule has 0 atom stereocenters. The number of likely N-dealkylation sites (tertiary alicyclic amines) is 1. The molecule has 3 rings (SSSR count). The van der Waals surface area contributed by atoms with Crippen LogP contribution in [0.5, 0.6) is 0 Å². The minimum Gasteiger partial charge on any atom is -0.381 e. The van der Waals surface area contributed by atoms with E-state index in [1.807, 2.05) is 12.1 Å². The van der Waals surface area contributed by atoms with Crippen LogP contribution in [0.1, 0.15) is 37.7 Å². The molecule has 4 heteroatoms. The lowest BCUT2D eigenvalue weighted by Gasteiger charge is -2.48. The van der Waals surface area contributed by atoms with Crippen LogP contribution in [0.3, 0.4) is 0 Å². The number of rotatable bonds is 5. The first-order valence-electron chi connectivity index (χ1n) is 8.57. The molecule has 2 saturated heterocycles. The van der Waals surface area contributed by atoms with Gasteiger partial charge in [-0.15, -0.1) is 0 Å². The van der Waals surface area contributed by atoms with E-state index in [1.54, 1.807) is 0 Å². The highest BCUT2D eigenvalue weighted by Gasteiger charge is 2.38. The standard InChI is InChI=1S/C18H27ClN2O/c19-17-7-3-2-6-16(17)14-20-15-18(8-12-22-13-9-18)21-10-4-1-5-11-21/h2-3,6-7,20H,1,4-5,8-15H2. The molecule has 0 amide bonds. The zero-order chi connectivity index (χ0) is 15.3. The SMILES string of the molecule is Clc1ccccc1CNCC1(N2CCCCC2)CCOCC1. The molecule has 0 saturated carbocycles. The van der Waals surface area contributed by atoms with Gasteiger partial charge in [-0.3, -0.25) is 4.90 Å². The Bertz CT molecular complexity index is 468. The zero-order valence-electron chi connectivity index (χ0n) is 13.3. The van der Waals surface area contributed by atoms with Crippen molar-refractivity contribution in [3.05, 3.63) is 34.9 Å². The second-order valence-electron chi connectivity index (χ2n) is 6.58. The van der Waals surface area contributed by atoms with Crippen molar-refractivity contribution in [1.82, 2.24) is 10.2 Å². The molecule has 1 aromatic rings. The first kappa shape index (κ1) is 16.3. The summed E-state index contributed by atoms with van der Waals surface area (Å²) in [5.74, 6) is 0. The number of ether oxygens (including phenoxy) is 1. The van der Waals surface area contributed by atoms with E-state index in [2.05, 4.69) is 22.3 Å². The van der Waals surface area contributed by atoms with Crippen molar-refractivity contribution in [2.45, 2.75) is 44.2 Å². The molecule has 1 aromatic carbocycles. The topological polar surface area (TPSA) is 24.5 Å². The lowest BCUT2D eigenvalue weighted by Crippen LogP contribution is -2.59. The summed E-state index contributed by atoms with van der Waals surface area (Å²) in [4.78, 5) is 2.72. The van der Waals surface area contributed by atoms with Crippen LogP contribution in [0, 0.1) is 0 Å². The number of hydrogen-bond acceptors (Lipinski definition) is 3. The van der Waals surface area contributed by atoms with Gasteiger partial charge in [0.05, 0.1) is 0 Å². The van der Waals surface area contributed by atoms with Crippen molar-refractivity contribution in [1.29, 1.82) is 0 Å². The van der Waals surface area contributed by atoms with Gasteiger partial charge in [-0.1, -0.05) is 36.2 Å². The van der Waals surface area contributed by atoms with Crippen molar-refractivity contribution in [2.75, 3.05) is 32.8 Å². The molecule has 0 bridgehead atoms. The van der Waals surface area contributed by atoms with E-state index >= 15 is 0 Å². The van der Waals surface area contributed by atoms with E-state index < -0.39 is 0 Å². The molecule has 0 spiro atoms. The third-order valence-electron chi connectivity index (χ3n) is 5.18. The van der Waals surface area contributed by atoms with Gasteiger partial charge in [0.2, 0.25) is 0 Å². The van der Waals surface area contributed by atoms with Gasteiger partial charge in [0.25, 0.3) is 0 Å². The zero-order valence-corrected chi connectivity index (χ0v) is 14.1. The van der Waals surface area contributed by atoms with Crippen LogP contribution < -0.4 is 5.32 Å². The molecule has 122 valence electrons. The summed E-state index contributed by atoms with van der Waals surface area (Å²) in [6.45, 7) is 6.15. The molecule has 1 N–H and O–H groups in total. The molecule has 2 heterocycles. The lowest BCUT2D eigenvalue weighted by atomic mass is 9.86. The van der Waals surface area contributed by atoms with Gasteiger partial charge in [-0.2, -0.15) is 0 Å². The fraction of sp³-hybridized carbons (Fsp3) is 0.667. The Kier molecular flexibility index (Phi) is 5.75. The summed E-state index contributed by atoms with van der Waals surface area (Å²) in [5, 5.41) is 4.52. The maximum absolute atomic E-state index is 6.26. The van der Waals surface area contributed by atoms with Gasteiger partial charge in [-0.25, -0.2) is 0 Å². The fourth-order valence-electron chi connectivity index (χ4n) is 3.80. The summed E-state index contributed by atoms with van der Waals surface area (Å²) in [6.07, 6.45) is 6.35.